The molecular formula is C21H14F4N4O4S. The summed E-state index contributed by atoms with van der Waals surface area (Å²) < 4.78 is 81.1. The number of primary sulfonamides is 1. The molecule has 34 heavy (non-hydrogen) atoms. The standard InChI is InChI=1S/C21H14F4N4O4S/c22-21(23,24)28-20(30)29(25)17-7-2-1-6-14(17)18-15-8-9-33-19(15)16(11-27-18)12-4-3-5-13(10-12)34(26,31)32/h1-11H,(H,28,30)(H2,26,31,32). The van der Waals surface area contributed by atoms with Crippen molar-refractivity contribution in [2.45, 2.75) is 11.2 Å². The molecule has 0 atom stereocenters. The number of furan rings is 1. The van der Waals surface area contributed by atoms with Gasteiger partial charge in [-0.1, -0.05) is 34.8 Å². The van der Waals surface area contributed by atoms with Crippen LogP contribution in [0.3, 0.4) is 0 Å². The van der Waals surface area contributed by atoms with Crippen molar-refractivity contribution in [2.24, 2.45) is 5.14 Å². The lowest BCUT2D eigenvalue weighted by Crippen LogP contribution is -2.43. The highest BCUT2D eigenvalue weighted by molar-refractivity contribution is 7.89. The lowest BCUT2D eigenvalue weighted by Gasteiger charge is -2.18. The molecule has 0 aliphatic carbocycles. The second-order valence-corrected chi connectivity index (χ2v) is 8.54. The number of benzene rings is 2. The van der Waals surface area contributed by atoms with E-state index in [9.17, 15) is 30.9 Å². The van der Waals surface area contributed by atoms with Crippen LogP contribution in [0.15, 0.2) is 76.4 Å². The van der Waals surface area contributed by atoms with Gasteiger partial charge >= 0.3 is 12.3 Å². The van der Waals surface area contributed by atoms with Gasteiger partial charge in [-0.25, -0.2) is 23.7 Å². The Morgan fingerprint density at radius 1 is 1.06 bits per heavy atom. The average molecular weight is 494 g/mol. The number of rotatable bonds is 4. The van der Waals surface area contributed by atoms with Gasteiger partial charge in [0, 0.05) is 22.7 Å². The van der Waals surface area contributed by atoms with Crippen LogP contribution in [0.25, 0.3) is 33.4 Å². The molecule has 0 aliphatic heterocycles. The van der Waals surface area contributed by atoms with E-state index in [4.69, 9.17) is 9.56 Å². The zero-order valence-corrected chi connectivity index (χ0v) is 17.7. The summed E-state index contributed by atoms with van der Waals surface area (Å²) in [5.41, 5.74) is 0.695. The molecule has 0 spiro atoms. The van der Waals surface area contributed by atoms with Crippen LogP contribution in [0, 0.1) is 0 Å². The quantitative estimate of drug-likeness (QED) is 0.242. The number of hydrogen-bond acceptors (Lipinski definition) is 5. The van der Waals surface area contributed by atoms with Crippen molar-refractivity contribution in [1.29, 1.82) is 0 Å². The Morgan fingerprint density at radius 2 is 1.79 bits per heavy atom. The molecule has 0 unspecified atom stereocenters. The molecule has 2 heterocycles. The first kappa shape index (κ1) is 23.2. The first-order valence-electron chi connectivity index (χ1n) is 9.39. The minimum absolute atomic E-state index is 0.0126. The second kappa shape index (κ2) is 8.43. The zero-order valence-electron chi connectivity index (χ0n) is 16.9. The van der Waals surface area contributed by atoms with Crippen LogP contribution in [0.4, 0.5) is 28.1 Å². The van der Waals surface area contributed by atoms with E-state index in [0.29, 0.717) is 21.8 Å². The van der Waals surface area contributed by atoms with E-state index < -0.39 is 33.2 Å². The number of alkyl halides is 3. The third-order valence-corrected chi connectivity index (χ3v) is 5.67. The number of fused-ring (bicyclic) bond motifs is 1. The van der Waals surface area contributed by atoms with Crippen LogP contribution in [-0.2, 0) is 10.0 Å². The molecule has 3 N–H and O–H groups in total. The van der Waals surface area contributed by atoms with Crippen molar-refractivity contribution >= 4 is 32.7 Å². The molecule has 4 aromatic rings. The Hall–Kier alpha value is -3.97. The van der Waals surface area contributed by atoms with Crippen LogP contribution in [-0.4, -0.2) is 25.7 Å². The van der Waals surface area contributed by atoms with Gasteiger partial charge < -0.3 is 4.42 Å². The first-order valence-corrected chi connectivity index (χ1v) is 10.9. The molecule has 0 saturated carbocycles. The maximum atomic E-state index is 14.6. The number of amides is 2. The summed E-state index contributed by atoms with van der Waals surface area (Å²) in [6, 6.07) is 10.5. The van der Waals surface area contributed by atoms with Crippen molar-refractivity contribution in [1.82, 2.24) is 10.3 Å². The number of pyridine rings is 1. The molecule has 2 aromatic heterocycles. The third-order valence-electron chi connectivity index (χ3n) is 4.76. The normalized spacial score (nSPS) is 12.0. The van der Waals surface area contributed by atoms with Crippen molar-refractivity contribution in [3.63, 3.8) is 0 Å². The van der Waals surface area contributed by atoms with Crippen LogP contribution >= 0.6 is 0 Å². The van der Waals surface area contributed by atoms with Crippen LogP contribution < -0.4 is 15.6 Å². The van der Waals surface area contributed by atoms with Gasteiger partial charge in [-0.05, 0) is 29.8 Å². The van der Waals surface area contributed by atoms with Crippen LogP contribution in [0.1, 0.15) is 0 Å². The fraction of sp³-hybridized carbons (Fsp3) is 0.0476. The molecule has 0 bridgehead atoms. The predicted octanol–water partition coefficient (Wildman–Crippen LogP) is 4.73. The number of aromatic nitrogens is 1. The predicted molar refractivity (Wildman–Crippen MR) is 114 cm³/mol. The van der Waals surface area contributed by atoms with E-state index in [1.165, 1.54) is 54.9 Å². The molecular weight excluding hydrogens is 480 g/mol. The number of carbonyl (C=O) groups excluding carboxylic acids is 1. The molecule has 0 saturated heterocycles. The van der Waals surface area contributed by atoms with E-state index in [0.717, 1.165) is 6.07 Å². The van der Waals surface area contributed by atoms with Crippen LogP contribution in [0.5, 0.6) is 0 Å². The Balaban J connectivity index is 1.83. The first-order chi connectivity index (χ1) is 16.0. The number of halogens is 4. The third kappa shape index (κ3) is 4.56. The topological polar surface area (TPSA) is 119 Å². The van der Waals surface area contributed by atoms with E-state index >= 15 is 0 Å². The van der Waals surface area contributed by atoms with Crippen molar-refractivity contribution in [3.05, 3.63) is 67.1 Å². The molecule has 2 amide bonds. The van der Waals surface area contributed by atoms with Gasteiger partial charge in [0.15, 0.2) is 0 Å². The minimum atomic E-state index is -5.13. The largest absolute Gasteiger partial charge is 0.486 e. The van der Waals surface area contributed by atoms with Crippen molar-refractivity contribution in [2.75, 3.05) is 5.12 Å². The van der Waals surface area contributed by atoms with Crippen molar-refractivity contribution in [3.8, 4) is 22.4 Å². The van der Waals surface area contributed by atoms with Crippen molar-refractivity contribution < 1.29 is 35.3 Å². The number of para-hydroxylation sites is 1. The molecule has 0 aliphatic rings. The minimum Gasteiger partial charge on any atom is -0.464 e. The maximum Gasteiger partial charge on any atom is 0.486 e. The molecule has 2 aromatic carbocycles. The van der Waals surface area contributed by atoms with Gasteiger partial charge in [0.2, 0.25) is 10.0 Å². The Labute approximate surface area is 189 Å². The lowest BCUT2D eigenvalue weighted by molar-refractivity contribution is -0.145. The number of anilines is 1. The molecule has 0 fully saturated rings. The fourth-order valence-corrected chi connectivity index (χ4v) is 3.91. The number of sulfonamides is 1. The van der Waals surface area contributed by atoms with Crippen LogP contribution in [0.2, 0.25) is 0 Å². The SMILES string of the molecule is NS(=O)(=O)c1cccc(-c2cnc(-c3ccccc3N(F)C(=O)NC(F)(F)F)c3ccoc23)c1. The highest BCUT2D eigenvalue weighted by Crippen LogP contribution is 2.38. The summed E-state index contributed by atoms with van der Waals surface area (Å²) in [7, 11) is -3.98. The number of urea groups is 1. The highest BCUT2D eigenvalue weighted by atomic mass is 32.2. The van der Waals surface area contributed by atoms with E-state index in [2.05, 4.69) is 4.98 Å². The molecule has 13 heteroatoms. The van der Waals surface area contributed by atoms with Gasteiger partial charge in [-0.15, -0.1) is 5.12 Å². The average Bonchev–Trinajstić information content (AvgIpc) is 3.26. The Kier molecular flexibility index (Phi) is 5.75. The number of hydrogen-bond donors (Lipinski definition) is 2. The summed E-state index contributed by atoms with van der Waals surface area (Å²) in [6.45, 7) is 0. The number of nitrogens with two attached hydrogens (primary N) is 1. The van der Waals surface area contributed by atoms with Gasteiger partial charge in [-0.2, -0.15) is 13.2 Å². The zero-order chi connectivity index (χ0) is 24.7. The number of carbonyl (C=O) groups is 1. The Morgan fingerprint density at radius 3 is 2.50 bits per heavy atom. The molecule has 4 rings (SSSR count). The van der Waals surface area contributed by atoms with Gasteiger partial charge in [0.05, 0.1) is 22.5 Å². The van der Waals surface area contributed by atoms with Gasteiger partial charge in [0.25, 0.3) is 0 Å². The fourth-order valence-electron chi connectivity index (χ4n) is 3.35. The molecule has 176 valence electrons. The highest BCUT2D eigenvalue weighted by Gasteiger charge is 2.34. The monoisotopic (exact) mass is 494 g/mol. The lowest BCUT2D eigenvalue weighted by atomic mass is 10.0. The van der Waals surface area contributed by atoms with Gasteiger partial charge in [-0.3, -0.25) is 4.98 Å². The maximum absolute atomic E-state index is 14.6. The van der Waals surface area contributed by atoms with E-state index in [-0.39, 0.29) is 21.7 Å². The Bertz CT molecular complexity index is 1500. The number of nitrogens with zero attached hydrogens (tertiary/aromatic N) is 2. The summed E-state index contributed by atoms with van der Waals surface area (Å²) in [4.78, 5) is 15.9. The molecule has 8 nitrogen and oxygen atoms in total. The van der Waals surface area contributed by atoms with E-state index in [1.807, 2.05) is 0 Å². The summed E-state index contributed by atoms with van der Waals surface area (Å²) in [6.07, 6.45) is -2.48. The second-order valence-electron chi connectivity index (χ2n) is 6.98. The summed E-state index contributed by atoms with van der Waals surface area (Å²) in [5.74, 6) is 0. The van der Waals surface area contributed by atoms with Gasteiger partial charge in [0.1, 0.15) is 5.58 Å². The smallest absolute Gasteiger partial charge is 0.464 e. The van der Waals surface area contributed by atoms with E-state index in [1.54, 1.807) is 6.07 Å². The summed E-state index contributed by atoms with van der Waals surface area (Å²) in [5, 5.41) is 5.46. The molecule has 0 radical (unpaired) electrons. The summed E-state index contributed by atoms with van der Waals surface area (Å²) >= 11 is 0. The number of nitrogens with one attached hydrogen (secondary N) is 1.